The van der Waals surface area contributed by atoms with Crippen LogP contribution >= 0.6 is 0 Å². The molecule has 0 heterocycles. The Morgan fingerprint density at radius 1 is 0.368 bits per heavy atom. The second-order valence-electron chi connectivity index (χ2n) is 15.9. The highest BCUT2D eigenvalue weighted by Crippen LogP contribution is 2.59. The van der Waals surface area contributed by atoms with Gasteiger partial charge in [0, 0.05) is 39.2 Å². The predicted molar refractivity (Wildman–Crippen MR) is 245 cm³/mol. The molecule has 0 unspecified atom stereocenters. The molecule has 0 radical (unpaired) electrons. The van der Waals surface area contributed by atoms with Crippen LogP contribution in [-0.4, -0.2) is 0 Å². The molecule has 0 saturated heterocycles. The Bertz CT molecular complexity index is 2930. The molecule has 0 aliphatic heterocycles. The molecule has 57 heavy (non-hydrogen) atoms. The third-order valence-corrected chi connectivity index (χ3v) is 12.3. The van der Waals surface area contributed by atoms with Crippen LogP contribution in [0.2, 0.25) is 0 Å². The van der Waals surface area contributed by atoms with E-state index in [1.165, 1.54) is 71.4 Å². The van der Waals surface area contributed by atoms with Crippen LogP contribution in [0.25, 0.3) is 43.4 Å². The molecule has 0 fully saturated rings. The van der Waals surface area contributed by atoms with Crippen molar-refractivity contribution in [2.45, 2.75) is 46.0 Å². The van der Waals surface area contributed by atoms with Crippen molar-refractivity contribution in [2.24, 2.45) is 0 Å². The molecule has 0 spiro atoms. The fraction of sp³-hybridized carbons (Fsp3) is 0.127. The first-order chi connectivity index (χ1) is 28.0. The van der Waals surface area contributed by atoms with Crippen LogP contribution in [0.15, 0.2) is 182 Å². The zero-order valence-electron chi connectivity index (χ0n) is 33.1. The van der Waals surface area contributed by atoms with Gasteiger partial charge in [0.2, 0.25) is 0 Å². The maximum absolute atomic E-state index is 2.50. The van der Waals surface area contributed by atoms with Crippen molar-refractivity contribution < 1.29 is 0 Å². The smallest absolute Gasteiger partial charge is 0.0543 e. The highest BCUT2D eigenvalue weighted by molar-refractivity contribution is 6.23. The zero-order valence-corrected chi connectivity index (χ0v) is 33.1. The summed E-state index contributed by atoms with van der Waals surface area (Å²) in [6.45, 7) is 9.31. The summed E-state index contributed by atoms with van der Waals surface area (Å²) in [5, 5.41) is 7.70. The average Bonchev–Trinajstić information content (AvgIpc) is 3.51. The Morgan fingerprint density at radius 2 is 0.825 bits per heavy atom. The van der Waals surface area contributed by atoms with Crippen molar-refractivity contribution >= 4 is 66.4 Å². The monoisotopic (exact) mass is 734 g/mol. The Balaban J connectivity index is 1.23. The van der Waals surface area contributed by atoms with Crippen LogP contribution in [0, 0.1) is 0 Å². The molecular weight excluding hydrogens is 689 g/mol. The lowest BCUT2D eigenvalue weighted by Gasteiger charge is -2.30. The standard InChI is InChI=1S/C55H46N2/c1-5-37-25-29-41(30-26-37)56(39-17-9-7-10-18-39)43-33-34-48-49(35-43)44-21-13-15-23-46(44)53-52-47-24-16-14-22-45(47)51(36-50(52)55(3,4)54(48)53)57(40-19-11-8-12-20-40)42-31-27-38(6-2)28-32-42/h7-36H,5-6H2,1-4H3. The topological polar surface area (TPSA) is 6.48 Å². The molecule has 0 bridgehead atoms. The highest BCUT2D eigenvalue weighted by atomic mass is 15.1. The summed E-state index contributed by atoms with van der Waals surface area (Å²) >= 11 is 0. The van der Waals surface area contributed by atoms with E-state index in [-0.39, 0.29) is 5.41 Å². The molecule has 10 rings (SSSR count). The zero-order chi connectivity index (χ0) is 38.7. The molecule has 0 atom stereocenters. The number of hydrogen-bond donors (Lipinski definition) is 0. The largest absolute Gasteiger partial charge is 0.310 e. The van der Waals surface area contributed by atoms with E-state index in [2.05, 4.69) is 219 Å². The van der Waals surface area contributed by atoms with Crippen molar-refractivity contribution in [1.82, 2.24) is 0 Å². The number of benzene rings is 9. The lowest BCUT2D eigenvalue weighted by molar-refractivity contribution is 0.667. The minimum atomic E-state index is -0.281. The van der Waals surface area contributed by atoms with E-state index in [1.54, 1.807) is 0 Å². The van der Waals surface area contributed by atoms with Crippen molar-refractivity contribution in [2.75, 3.05) is 9.80 Å². The van der Waals surface area contributed by atoms with Gasteiger partial charge in [0.05, 0.1) is 5.69 Å². The van der Waals surface area contributed by atoms with Gasteiger partial charge in [0.15, 0.2) is 0 Å². The lowest BCUT2D eigenvalue weighted by Crippen LogP contribution is -2.17. The van der Waals surface area contributed by atoms with Crippen molar-refractivity contribution in [3.63, 3.8) is 0 Å². The average molecular weight is 735 g/mol. The first kappa shape index (κ1) is 34.8. The van der Waals surface area contributed by atoms with Crippen molar-refractivity contribution in [1.29, 1.82) is 0 Å². The van der Waals surface area contributed by atoms with Gasteiger partial charge in [-0.3, -0.25) is 0 Å². The van der Waals surface area contributed by atoms with E-state index in [0.29, 0.717) is 0 Å². The summed E-state index contributed by atoms with van der Waals surface area (Å²) in [5.41, 5.74) is 14.8. The molecule has 9 aromatic carbocycles. The number of rotatable bonds is 8. The summed E-state index contributed by atoms with van der Waals surface area (Å²) in [6, 6.07) is 67.5. The minimum Gasteiger partial charge on any atom is -0.310 e. The molecule has 0 saturated carbocycles. The second kappa shape index (κ2) is 13.8. The first-order valence-corrected chi connectivity index (χ1v) is 20.4. The molecule has 1 aliphatic carbocycles. The van der Waals surface area contributed by atoms with E-state index < -0.39 is 0 Å². The lowest BCUT2D eigenvalue weighted by atomic mass is 9.79. The van der Waals surface area contributed by atoms with Gasteiger partial charge in [-0.1, -0.05) is 143 Å². The Hall–Kier alpha value is -6.64. The summed E-state index contributed by atoms with van der Waals surface area (Å²) < 4.78 is 0. The maximum Gasteiger partial charge on any atom is 0.0543 e. The van der Waals surface area contributed by atoms with Crippen LogP contribution in [-0.2, 0) is 18.3 Å². The number of para-hydroxylation sites is 2. The molecule has 1 aliphatic rings. The third kappa shape index (κ3) is 5.62. The summed E-state index contributed by atoms with van der Waals surface area (Å²) in [7, 11) is 0. The van der Waals surface area contributed by atoms with Gasteiger partial charge in [-0.05, 0) is 140 Å². The summed E-state index contributed by atoms with van der Waals surface area (Å²) in [5.74, 6) is 0. The number of aryl methyl sites for hydroxylation is 2. The van der Waals surface area contributed by atoms with Gasteiger partial charge in [-0.15, -0.1) is 0 Å². The Labute approximate surface area is 336 Å². The van der Waals surface area contributed by atoms with Crippen LogP contribution in [0.3, 0.4) is 0 Å². The van der Waals surface area contributed by atoms with Crippen molar-refractivity contribution in [3.8, 4) is 11.1 Å². The SMILES string of the molecule is CCc1ccc(N(c2ccccc2)c2ccc3c4c(c5ccccc5c3c2)-c2c(cc(N(c3ccccc3)c3ccc(CC)cc3)c3ccccc23)C4(C)C)cc1. The van der Waals surface area contributed by atoms with Crippen molar-refractivity contribution in [3.05, 3.63) is 204 Å². The van der Waals surface area contributed by atoms with Gasteiger partial charge >= 0.3 is 0 Å². The summed E-state index contributed by atoms with van der Waals surface area (Å²) in [4.78, 5) is 4.85. The third-order valence-electron chi connectivity index (χ3n) is 12.3. The van der Waals surface area contributed by atoms with Crippen LogP contribution in [0.4, 0.5) is 34.1 Å². The maximum atomic E-state index is 2.50. The molecule has 2 nitrogen and oxygen atoms in total. The quantitative estimate of drug-likeness (QED) is 0.143. The second-order valence-corrected chi connectivity index (χ2v) is 15.9. The highest BCUT2D eigenvalue weighted by Gasteiger charge is 2.40. The van der Waals surface area contributed by atoms with Gasteiger partial charge in [0.1, 0.15) is 0 Å². The normalized spacial score (nSPS) is 12.8. The fourth-order valence-corrected chi connectivity index (χ4v) is 9.45. The van der Waals surface area contributed by atoms with Crippen LogP contribution < -0.4 is 9.80 Å². The van der Waals surface area contributed by atoms with E-state index in [4.69, 9.17) is 0 Å². The molecule has 0 N–H and O–H groups in total. The van der Waals surface area contributed by atoms with E-state index in [0.717, 1.165) is 41.3 Å². The predicted octanol–water partition coefficient (Wildman–Crippen LogP) is 15.5. The van der Waals surface area contributed by atoms with Crippen LogP contribution in [0.1, 0.15) is 49.9 Å². The van der Waals surface area contributed by atoms with E-state index >= 15 is 0 Å². The molecule has 2 heteroatoms. The molecule has 0 amide bonds. The van der Waals surface area contributed by atoms with Gasteiger partial charge in [0.25, 0.3) is 0 Å². The number of fused-ring (bicyclic) bond motifs is 10. The molecule has 276 valence electrons. The van der Waals surface area contributed by atoms with Crippen LogP contribution in [0.5, 0.6) is 0 Å². The fourth-order valence-electron chi connectivity index (χ4n) is 9.45. The van der Waals surface area contributed by atoms with Gasteiger partial charge in [-0.2, -0.15) is 0 Å². The van der Waals surface area contributed by atoms with Gasteiger partial charge in [-0.25, -0.2) is 0 Å². The number of hydrogen-bond acceptors (Lipinski definition) is 2. The first-order valence-electron chi connectivity index (χ1n) is 20.4. The molecule has 9 aromatic rings. The molecular formula is C55H46N2. The number of anilines is 6. The number of nitrogens with zero attached hydrogens (tertiary/aromatic N) is 2. The Kier molecular flexibility index (Phi) is 8.45. The summed E-state index contributed by atoms with van der Waals surface area (Å²) in [6.07, 6.45) is 2.03. The Morgan fingerprint density at radius 3 is 1.40 bits per heavy atom. The minimum absolute atomic E-state index is 0.281. The van der Waals surface area contributed by atoms with Gasteiger partial charge < -0.3 is 9.80 Å². The molecule has 0 aromatic heterocycles. The van der Waals surface area contributed by atoms with E-state index in [9.17, 15) is 0 Å². The van der Waals surface area contributed by atoms with E-state index in [1.807, 2.05) is 0 Å².